The first-order chi connectivity index (χ1) is 34.0. The SMILES string of the molecule is CC/C=C/C=C/C=C/C=C/CCCCCCCC(=O)OC[C@H](CO[C@H]1O[C@@H](CO[C@H]2O[C@@H](CO)[C@@H](O)C(O)C2O)[C@@H](O)C(O)C1O)OC(=O)CCCCCCCCCCC/C=C/C/C=C/CCCCC. The van der Waals surface area contributed by atoms with Crippen LogP contribution in [-0.2, 0) is 38.0 Å². The molecular weight excluding hydrogens is 901 g/mol. The second-order valence-corrected chi connectivity index (χ2v) is 18.4. The number of aliphatic hydroxyl groups excluding tert-OH is 7. The topological polar surface area (TPSA) is 231 Å². The third-order valence-electron chi connectivity index (χ3n) is 12.3. The third kappa shape index (κ3) is 28.8. The molecule has 0 aliphatic carbocycles. The number of rotatable bonds is 40. The lowest BCUT2D eigenvalue weighted by molar-refractivity contribution is -0.332. The number of allylic oxidation sites excluding steroid dienone is 12. The Bertz CT molecular complexity index is 1490. The molecule has 2 aliphatic rings. The fourth-order valence-electron chi connectivity index (χ4n) is 7.90. The molecule has 2 fully saturated rings. The first-order valence-corrected chi connectivity index (χ1v) is 26.6. The summed E-state index contributed by atoms with van der Waals surface area (Å²) in [6.07, 6.45) is 32.0. The Morgan fingerprint density at radius 3 is 1.53 bits per heavy atom. The zero-order chi connectivity index (χ0) is 51.0. The maximum atomic E-state index is 13.0. The lowest BCUT2D eigenvalue weighted by Gasteiger charge is -2.42. The molecule has 7 N–H and O–H groups in total. The van der Waals surface area contributed by atoms with Gasteiger partial charge in [0.25, 0.3) is 0 Å². The molecule has 2 rings (SSSR count). The normalized spacial score (nSPS) is 26.0. The van der Waals surface area contributed by atoms with E-state index in [9.17, 15) is 45.3 Å². The molecule has 15 nitrogen and oxygen atoms in total. The molecular formula is C55H92O15. The van der Waals surface area contributed by atoms with Gasteiger partial charge >= 0.3 is 11.9 Å². The van der Waals surface area contributed by atoms with Crippen LogP contribution in [0.4, 0.5) is 0 Å². The number of aliphatic hydroxyl groups is 7. The lowest BCUT2D eigenvalue weighted by Crippen LogP contribution is -2.61. The van der Waals surface area contributed by atoms with Gasteiger partial charge in [-0.3, -0.25) is 9.59 Å². The van der Waals surface area contributed by atoms with Gasteiger partial charge in [0.1, 0.15) is 55.4 Å². The highest BCUT2D eigenvalue weighted by atomic mass is 16.7. The van der Waals surface area contributed by atoms with E-state index in [1.165, 1.54) is 51.4 Å². The molecule has 0 spiro atoms. The Balaban J connectivity index is 1.80. The van der Waals surface area contributed by atoms with E-state index in [1.54, 1.807) is 0 Å². The molecule has 4 unspecified atom stereocenters. The molecule has 2 heterocycles. The number of carbonyl (C=O) groups is 2. The van der Waals surface area contributed by atoms with Crippen molar-refractivity contribution in [3.05, 3.63) is 72.9 Å². The van der Waals surface area contributed by atoms with Gasteiger partial charge in [-0.25, -0.2) is 0 Å². The van der Waals surface area contributed by atoms with Crippen molar-refractivity contribution in [2.75, 3.05) is 26.4 Å². The molecule has 0 radical (unpaired) electrons. The summed E-state index contributed by atoms with van der Waals surface area (Å²) in [6.45, 7) is 2.39. The predicted molar refractivity (Wildman–Crippen MR) is 270 cm³/mol. The van der Waals surface area contributed by atoms with Crippen LogP contribution < -0.4 is 0 Å². The molecule has 2 saturated heterocycles. The van der Waals surface area contributed by atoms with Gasteiger partial charge in [0, 0.05) is 12.8 Å². The van der Waals surface area contributed by atoms with E-state index in [1.807, 2.05) is 36.5 Å². The van der Waals surface area contributed by atoms with Crippen molar-refractivity contribution in [2.45, 2.75) is 235 Å². The molecule has 0 bridgehead atoms. The van der Waals surface area contributed by atoms with Crippen LogP contribution >= 0.6 is 0 Å². The zero-order valence-electron chi connectivity index (χ0n) is 42.5. The molecule has 2 aliphatic heterocycles. The van der Waals surface area contributed by atoms with Gasteiger partial charge in [-0.05, 0) is 64.2 Å². The van der Waals surface area contributed by atoms with Gasteiger partial charge in [0.05, 0.1) is 19.8 Å². The molecule has 70 heavy (non-hydrogen) atoms. The van der Waals surface area contributed by atoms with Crippen LogP contribution in [0.1, 0.15) is 168 Å². The van der Waals surface area contributed by atoms with Crippen molar-refractivity contribution in [2.24, 2.45) is 0 Å². The largest absolute Gasteiger partial charge is 0.462 e. The maximum absolute atomic E-state index is 13.0. The van der Waals surface area contributed by atoms with Crippen LogP contribution in [0.15, 0.2) is 72.9 Å². The monoisotopic (exact) mass is 993 g/mol. The molecule has 0 aromatic heterocycles. The number of esters is 2. The fraction of sp³-hybridized carbons (Fsp3) is 0.745. The third-order valence-corrected chi connectivity index (χ3v) is 12.3. The van der Waals surface area contributed by atoms with Crippen molar-refractivity contribution in [1.29, 1.82) is 0 Å². The van der Waals surface area contributed by atoms with E-state index in [2.05, 4.69) is 50.3 Å². The quantitative estimate of drug-likeness (QED) is 0.0134. The van der Waals surface area contributed by atoms with Crippen LogP contribution in [0.3, 0.4) is 0 Å². The van der Waals surface area contributed by atoms with Crippen LogP contribution in [0.5, 0.6) is 0 Å². The fourth-order valence-corrected chi connectivity index (χ4v) is 7.90. The van der Waals surface area contributed by atoms with Crippen LogP contribution in [0.25, 0.3) is 0 Å². The van der Waals surface area contributed by atoms with Crippen LogP contribution in [0, 0.1) is 0 Å². The highest BCUT2D eigenvalue weighted by Gasteiger charge is 2.47. The Hall–Kier alpha value is -3.06. The summed E-state index contributed by atoms with van der Waals surface area (Å²) in [5.74, 6) is -0.961. The van der Waals surface area contributed by atoms with Gasteiger partial charge in [0.15, 0.2) is 18.7 Å². The lowest BCUT2D eigenvalue weighted by atomic mass is 9.98. The first kappa shape index (κ1) is 63.1. The Morgan fingerprint density at radius 1 is 0.486 bits per heavy atom. The van der Waals surface area contributed by atoms with Gasteiger partial charge < -0.3 is 64.2 Å². The van der Waals surface area contributed by atoms with Crippen molar-refractivity contribution in [3.8, 4) is 0 Å². The highest BCUT2D eigenvalue weighted by Crippen LogP contribution is 2.26. The second kappa shape index (κ2) is 41.4. The standard InChI is InChI=1S/C55H92O15/c1-3-5-7-9-11-13-15-17-19-20-21-22-24-26-28-30-32-34-36-38-47(58)68-43(40-65-46(57)37-35-33-31-29-27-25-23-18-16-14-12-10-8-6-4-2)41-66-54-53(64)51(62)49(60)45(70-54)42-67-55-52(63)50(61)48(59)44(39-56)69-55/h6,8,10-14,16-19,23,43-45,48-56,59-64H,3-5,7,9,15,20-22,24-42H2,1-2H3/b8-6+,12-10+,13-11+,16-14+,19-17+,23-18+/t43-,44+,45+,48-,49-,50?,51?,52?,53?,54+,55+/m1/s1. The van der Waals surface area contributed by atoms with Crippen LogP contribution in [-0.4, -0.2) is 142 Å². The summed E-state index contributed by atoms with van der Waals surface area (Å²) < 4.78 is 33.6. The molecule has 15 heteroatoms. The average molecular weight is 993 g/mol. The number of hydrogen-bond acceptors (Lipinski definition) is 15. The molecule has 0 aromatic rings. The first-order valence-electron chi connectivity index (χ1n) is 26.6. The molecule has 11 atom stereocenters. The van der Waals surface area contributed by atoms with E-state index in [0.29, 0.717) is 12.8 Å². The van der Waals surface area contributed by atoms with Crippen molar-refractivity contribution in [3.63, 3.8) is 0 Å². The summed E-state index contributed by atoms with van der Waals surface area (Å²) >= 11 is 0. The smallest absolute Gasteiger partial charge is 0.306 e. The summed E-state index contributed by atoms with van der Waals surface area (Å²) in [5.41, 5.74) is 0. The second-order valence-electron chi connectivity index (χ2n) is 18.4. The summed E-state index contributed by atoms with van der Waals surface area (Å²) in [5, 5.41) is 72.1. The summed E-state index contributed by atoms with van der Waals surface area (Å²) in [4.78, 5) is 25.8. The number of unbranched alkanes of at least 4 members (excludes halogenated alkanes) is 17. The van der Waals surface area contributed by atoms with E-state index < -0.39 is 99.3 Å². The van der Waals surface area contributed by atoms with Crippen molar-refractivity contribution in [1.82, 2.24) is 0 Å². The average Bonchev–Trinajstić information content (AvgIpc) is 3.35. The molecule has 0 amide bonds. The summed E-state index contributed by atoms with van der Waals surface area (Å²) in [6, 6.07) is 0. The van der Waals surface area contributed by atoms with E-state index in [0.717, 1.165) is 77.0 Å². The molecule has 402 valence electrons. The van der Waals surface area contributed by atoms with Gasteiger partial charge in [-0.1, -0.05) is 164 Å². The Labute approximate surface area is 419 Å². The Kier molecular flexibility index (Phi) is 37.3. The minimum absolute atomic E-state index is 0.151. The predicted octanol–water partition coefficient (Wildman–Crippen LogP) is 7.82. The Morgan fingerprint density at radius 2 is 0.957 bits per heavy atom. The van der Waals surface area contributed by atoms with Crippen molar-refractivity contribution >= 4 is 11.9 Å². The van der Waals surface area contributed by atoms with Gasteiger partial charge in [-0.15, -0.1) is 0 Å². The van der Waals surface area contributed by atoms with Crippen molar-refractivity contribution < 1.29 is 73.8 Å². The highest BCUT2D eigenvalue weighted by molar-refractivity contribution is 5.70. The number of hydrogen-bond donors (Lipinski definition) is 7. The summed E-state index contributed by atoms with van der Waals surface area (Å²) in [7, 11) is 0. The van der Waals surface area contributed by atoms with E-state index in [-0.39, 0.29) is 19.4 Å². The molecule has 0 aromatic carbocycles. The zero-order valence-corrected chi connectivity index (χ0v) is 42.5. The number of ether oxygens (including phenoxy) is 6. The molecule has 0 saturated carbocycles. The maximum Gasteiger partial charge on any atom is 0.306 e. The minimum Gasteiger partial charge on any atom is -0.462 e. The van der Waals surface area contributed by atoms with E-state index >= 15 is 0 Å². The minimum atomic E-state index is -1.77. The number of carbonyl (C=O) groups excluding carboxylic acids is 2. The van der Waals surface area contributed by atoms with E-state index in [4.69, 9.17) is 28.4 Å². The van der Waals surface area contributed by atoms with Gasteiger partial charge in [0.2, 0.25) is 0 Å². The van der Waals surface area contributed by atoms with Gasteiger partial charge in [-0.2, -0.15) is 0 Å². The van der Waals surface area contributed by atoms with Crippen LogP contribution in [0.2, 0.25) is 0 Å².